The van der Waals surface area contributed by atoms with Gasteiger partial charge in [0.25, 0.3) is 0 Å². The highest BCUT2D eigenvalue weighted by molar-refractivity contribution is 5.78. The highest BCUT2D eigenvalue weighted by Crippen LogP contribution is 2.31. The molecular formula is C15H21NO3. The van der Waals surface area contributed by atoms with Gasteiger partial charge in [0.05, 0.1) is 18.2 Å². The van der Waals surface area contributed by atoms with Crippen LogP contribution in [0, 0.1) is 0 Å². The molecule has 0 radical (unpaired) electrons. The van der Waals surface area contributed by atoms with Crippen molar-refractivity contribution in [3.63, 3.8) is 0 Å². The van der Waals surface area contributed by atoms with E-state index >= 15 is 0 Å². The normalized spacial score (nSPS) is 22.9. The van der Waals surface area contributed by atoms with Crippen molar-refractivity contribution in [3.8, 4) is 0 Å². The first kappa shape index (κ1) is 14.0. The van der Waals surface area contributed by atoms with E-state index in [-0.39, 0.29) is 24.7 Å². The van der Waals surface area contributed by atoms with Gasteiger partial charge in [0.15, 0.2) is 0 Å². The molecule has 0 aliphatic heterocycles. The van der Waals surface area contributed by atoms with E-state index in [0.29, 0.717) is 6.42 Å². The van der Waals surface area contributed by atoms with E-state index in [9.17, 15) is 9.90 Å². The minimum absolute atomic E-state index is 0.0421. The number of carbonyl (C=O) groups is 1. The molecule has 1 aromatic rings. The summed E-state index contributed by atoms with van der Waals surface area (Å²) < 4.78 is 5.39. The molecule has 1 aliphatic carbocycles. The molecule has 1 aromatic carbocycles. The van der Waals surface area contributed by atoms with Crippen molar-refractivity contribution in [1.29, 1.82) is 0 Å². The van der Waals surface area contributed by atoms with Crippen molar-refractivity contribution < 1.29 is 14.6 Å². The number of hydrogen-bond acceptors (Lipinski definition) is 3. The second kappa shape index (κ2) is 6.17. The molecule has 4 heteroatoms. The van der Waals surface area contributed by atoms with E-state index in [2.05, 4.69) is 5.32 Å². The number of benzene rings is 1. The number of hydrogen-bond donors (Lipinski definition) is 2. The summed E-state index contributed by atoms with van der Waals surface area (Å²) in [5, 5.41) is 12.9. The number of nitrogens with one attached hydrogen (secondary N) is 1. The van der Waals surface area contributed by atoms with Gasteiger partial charge in [-0.25, -0.2) is 0 Å². The molecule has 0 aromatic heterocycles. The van der Waals surface area contributed by atoms with E-state index in [1.807, 2.05) is 38.1 Å². The summed E-state index contributed by atoms with van der Waals surface area (Å²) in [4.78, 5) is 11.8. The van der Waals surface area contributed by atoms with Gasteiger partial charge in [-0.1, -0.05) is 31.2 Å². The summed E-state index contributed by atoms with van der Waals surface area (Å²) >= 11 is 0. The van der Waals surface area contributed by atoms with Crippen LogP contribution in [0.5, 0.6) is 0 Å². The topological polar surface area (TPSA) is 58.6 Å². The van der Waals surface area contributed by atoms with E-state index in [1.165, 1.54) is 0 Å². The molecule has 0 spiro atoms. The van der Waals surface area contributed by atoms with Gasteiger partial charge in [0, 0.05) is 6.42 Å². The summed E-state index contributed by atoms with van der Waals surface area (Å²) in [5.41, 5.74) is 2.11. The number of aliphatic hydroxyl groups excluding tert-OH is 1. The van der Waals surface area contributed by atoms with Crippen molar-refractivity contribution in [2.45, 2.75) is 44.9 Å². The zero-order valence-electron chi connectivity index (χ0n) is 11.4. The molecule has 0 saturated carbocycles. The Hall–Kier alpha value is -1.39. The molecule has 1 amide bonds. The quantitative estimate of drug-likeness (QED) is 0.848. The van der Waals surface area contributed by atoms with Crippen LogP contribution >= 0.6 is 0 Å². The van der Waals surface area contributed by atoms with Gasteiger partial charge < -0.3 is 15.2 Å². The van der Waals surface area contributed by atoms with Crippen LogP contribution < -0.4 is 5.32 Å². The van der Waals surface area contributed by atoms with Crippen molar-refractivity contribution >= 4 is 5.91 Å². The minimum Gasteiger partial charge on any atom is -0.390 e. The van der Waals surface area contributed by atoms with Gasteiger partial charge in [-0.2, -0.15) is 0 Å². The maximum absolute atomic E-state index is 11.8. The Morgan fingerprint density at radius 2 is 2.26 bits per heavy atom. The number of amides is 1. The van der Waals surface area contributed by atoms with Crippen molar-refractivity contribution in [2.75, 3.05) is 6.61 Å². The number of rotatable bonds is 5. The lowest BCUT2D eigenvalue weighted by atomic mass is 10.1. The van der Waals surface area contributed by atoms with Crippen LogP contribution in [0.4, 0.5) is 0 Å². The lowest BCUT2D eigenvalue weighted by Crippen LogP contribution is -2.36. The number of ether oxygens (including phenoxy) is 1. The highest BCUT2D eigenvalue weighted by Gasteiger charge is 2.31. The molecule has 0 heterocycles. The fourth-order valence-electron chi connectivity index (χ4n) is 2.30. The molecule has 19 heavy (non-hydrogen) atoms. The first-order chi connectivity index (χ1) is 9.11. The molecule has 3 unspecified atom stereocenters. The third kappa shape index (κ3) is 3.33. The fraction of sp³-hybridized carbons (Fsp3) is 0.533. The molecule has 0 fully saturated rings. The van der Waals surface area contributed by atoms with E-state index < -0.39 is 6.10 Å². The van der Waals surface area contributed by atoms with Gasteiger partial charge in [-0.3, -0.25) is 4.79 Å². The van der Waals surface area contributed by atoms with E-state index in [4.69, 9.17) is 4.74 Å². The second-order valence-electron chi connectivity index (χ2n) is 5.05. The minimum atomic E-state index is -0.551. The zero-order valence-corrected chi connectivity index (χ0v) is 11.4. The average molecular weight is 263 g/mol. The van der Waals surface area contributed by atoms with Crippen molar-refractivity contribution in [3.05, 3.63) is 35.4 Å². The number of carbonyl (C=O) groups excluding carboxylic acids is 1. The monoisotopic (exact) mass is 263 g/mol. The molecule has 4 nitrogen and oxygen atoms in total. The standard InChI is InChI=1S/C15H21NO3/c1-3-10(2)19-9-14(18)16-15-12-7-5-4-6-11(12)8-13(15)17/h4-7,10,13,15,17H,3,8-9H2,1-2H3,(H,16,18). The molecule has 1 aliphatic rings. The van der Waals surface area contributed by atoms with E-state index in [1.54, 1.807) is 0 Å². The summed E-state index contributed by atoms with van der Waals surface area (Å²) in [5.74, 6) is -0.180. The lowest BCUT2D eigenvalue weighted by molar-refractivity contribution is -0.129. The SMILES string of the molecule is CCC(C)OCC(=O)NC1c2ccccc2CC1O. The Morgan fingerprint density at radius 3 is 3.00 bits per heavy atom. The van der Waals surface area contributed by atoms with Crippen molar-refractivity contribution in [1.82, 2.24) is 5.32 Å². The van der Waals surface area contributed by atoms with Gasteiger partial charge in [0.2, 0.25) is 5.91 Å². The smallest absolute Gasteiger partial charge is 0.246 e. The summed E-state index contributed by atoms with van der Waals surface area (Å²) in [6.07, 6.45) is 0.992. The Bertz CT molecular complexity index is 447. The lowest BCUT2D eigenvalue weighted by Gasteiger charge is -2.18. The Balaban J connectivity index is 1.94. The van der Waals surface area contributed by atoms with Crippen molar-refractivity contribution in [2.24, 2.45) is 0 Å². The van der Waals surface area contributed by atoms with Crippen LogP contribution in [0.15, 0.2) is 24.3 Å². The Kier molecular flexibility index (Phi) is 4.56. The average Bonchev–Trinajstić information content (AvgIpc) is 2.72. The summed E-state index contributed by atoms with van der Waals surface area (Å²) in [7, 11) is 0. The molecular weight excluding hydrogens is 242 g/mol. The fourth-order valence-corrected chi connectivity index (χ4v) is 2.30. The van der Waals surface area contributed by atoms with Gasteiger partial charge in [0.1, 0.15) is 6.61 Å². The Labute approximate surface area is 113 Å². The number of fused-ring (bicyclic) bond motifs is 1. The highest BCUT2D eigenvalue weighted by atomic mass is 16.5. The molecule has 0 bridgehead atoms. The van der Waals surface area contributed by atoms with Crippen LogP contribution in [-0.2, 0) is 16.0 Å². The third-order valence-corrected chi connectivity index (χ3v) is 3.59. The summed E-state index contributed by atoms with van der Waals surface area (Å²) in [6, 6.07) is 7.49. The first-order valence-electron chi connectivity index (χ1n) is 6.78. The van der Waals surface area contributed by atoms with E-state index in [0.717, 1.165) is 17.5 Å². The predicted octanol–water partition coefficient (Wildman–Crippen LogP) is 1.58. The maximum atomic E-state index is 11.8. The maximum Gasteiger partial charge on any atom is 0.246 e. The zero-order chi connectivity index (χ0) is 13.8. The second-order valence-corrected chi connectivity index (χ2v) is 5.05. The molecule has 104 valence electrons. The Morgan fingerprint density at radius 1 is 1.53 bits per heavy atom. The summed E-state index contributed by atoms with van der Waals surface area (Å²) in [6.45, 7) is 3.99. The van der Waals surface area contributed by atoms with Gasteiger partial charge in [-0.15, -0.1) is 0 Å². The first-order valence-corrected chi connectivity index (χ1v) is 6.78. The van der Waals surface area contributed by atoms with Crippen LogP contribution in [0.2, 0.25) is 0 Å². The molecule has 0 saturated heterocycles. The van der Waals surface area contributed by atoms with Crippen LogP contribution in [0.3, 0.4) is 0 Å². The predicted molar refractivity (Wildman–Crippen MR) is 72.7 cm³/mol. The van der Waals surface area contributed by atoms with Gasteiger partial charge >= 0.3 is 0 Å². The third-order valence-electron chi connectivity index (χ3n) is 3.59. The van der Waals surface area contributed by atoms with Crippen LogP contribution in [0.25, 0.3) is 0 Å². The molecule has 3 atom stereocenters. The van der Waals surface area contributed by atoms with Crippen LogP contribution in [-0.4, -0.2) is 29.8 Å². The largest absolute Gasteiger partial charge is 0.390 e. The number of aliphatic hydroxyl groups is 1. The van der Waals surface area contributed by atoms with Crippen LogP contribution in [0.1, 0.15) is 37.4 Å². The van der Waals surface area contributed by atoms with Gasteiger partial charge in [-0.05, 0) is 24.5 Å². The molecule has 2 N–H and O–H groups in total. The molecule has 2 rings (SSSR count).